The van der Waals surface area contributed by atoms with Crippen LogP contribution in [0.15, 0.2) is 24.8 Å². The standard InChI is InChI=1S/C11H22O.2C10H18O/c1-3-4-5-6-7-8-9-11(2)10-12;2*1-2-3-4-5-6-7-8-9-10-11/h10-11H,3-9H2,1-2H3;6-7,10H,2-5,8-9H2,1H3;2,10H,1,3-9H2. The Kier molecular flexibility index (Phi) is 42.2. The molecule has 0 N–H and O–H groups in total. The molecule has 0 saturated heterocycles. The highest BCUT2D eigenvalue weighted by molar-refractivity contribution is 5.52. The molecule has 0 amide bonds. The van der Waals surface area contributed by atoms with Crippen molar-refractivity contribution in [3.05, 3.63) is 24.8 Å². The van der Waals surface area contributed by atoms with E-state index >= 15 is 0 Å². The summed E-state index contributed by atoms with van der Waals surface area (Å²) in [6.45, 7) is 10.1. The van der Waals surface area contributed by atoms with E-state index in [2.05, 4.69) is 32.6 Å². The number of unbranched alkanes of at least 4 members (excludes halogenated alkanes) is 15. The summed E-state index contributed by atoms with van der Waals surface area (Å²) in [6, 6.07) is 0. The minimum atomic E-state index is 0.274. The predicted octanol–water partition coefficient (Wildman–Crippen LogP) is 9.78. The van der Waals surface area contributed by atoms with E-state index in [1.807, 2.05) is 13.0 Å². The van der Waals surface area contributed by atoms with Crippen LogP contribution in [0, 0.1) is 5.92 Å². The molecule has 0 spiro atoms. The highest BCUT2D eigenvalue weighted by atomic mass is 16.1. The van der Waals surface area contributed by atoms with Gasteiger partial charge in [0.05, 0.1) is 0 Å². The fraction of sp³-hybridized carbons (Fsp3) is 0.774. The average Bonchev–Trinajstić information content (AvgIpc) is 2.86. The molecule has 1 atom stereocenters. The van der Waals surface area contributed by atoms with Gasteiger partial charge in [-0.05, 0) is 44.9 Å². The van der Waals surface area contributed by atoms with Crippen molar-refractivity contribution in [2.75, 3.05) is 0 Å². The summed E-state index contributed by atoms with van der Waals surface area (Å²) in [5.41, 5.74) is 0. The predicted molar refractivity (Wildman–Crippen MR) is 150 cm³/mol. The number of hydrogen-bond acceptors (Lipinski definition) is 3. The number of aldehydes is 3. The van der Waals surface area contributed by atoms with Gasteiger partial charge in [0.25, 0.3) is 0 Å². The number of carbonyl (C=O) groups excluding carboxylic acids is 3. The first-order chi connectivity index (χ1) is 16.6. The van der Waals surface area contributed by atoms with Gasteiger partial charge >= 0.3 is 0 Å². The van der Waals surface area contributed by atoms with E-state index in [4.69, 9.17) is 0 Å². The molecule has 0 radical (unpaired) electrons. The van der Waals surface area contributed by atoms with Crippen LogP contribution >= 0.6 is 0 Å². The van der Waals surface area contributed by atoms with Gasteiger partial charge in [-0.3, -0.25) is 0 Å². The minimum absolute atomic E-state index is 0.274. The quantitative estimate of drug-likeness (QED) is 0.0834. The highest BCUT2D eigenvalue weighted by Gasteiger charge is 1.98. The van der Waals surface area contributed by atoms with Gasteiger partial charge in [0.2, 0.25) is 0 Å². The molecule has 200 valence electrons. The Morgan fingerprint density at radius 2 is 1.03 bits per heavy atom. The summed E-state index contributed by atoms with van der Waals surface area (Å²) in [7, 11) is 0. The van der Waals surface area contributed by atoms with Gasteiger partial charge in [-0.1, -0.05) is 110 Å². The third-order valence-corrected chi connectivity index (χ3v) is 5.57. The van der Waals surface area contributed by atoms with Crippen molar-refractivity contribution in [3.63, 3.8) is 0 Å². The Morgan fingerprint density at radius 1 is 0.559 bits per heavy atom. The molecule has 0 rings (SSSR count). The van der Waals surface area contributed by atoms with E-state index in [1.165, 1.54) is 89.9 Å². The molecule has 3 nitrogen and oxygen atoms in total. The van der Waals surface area contributed by atoms with Crippen LogP contribution in [0.5, 0.6) is 0 Å². The van der Waals surface area contributed by atoms with Gasteiger partial charge in [0, 0.05) is 18.8 Å². The zero-order valence-electron chi connectivity index (χ0n) is 23.1. The van der Waals surface area contributed by atoms with Crippen LogP contribution in [0.4, 0.5) is 0 Å². The maximum absolute atomic E-state index is 10.3. The second-order valence-electron chi connectivity index (χ2n) is 9.18. The molecule has 0 heterocycles. The highest BCUT2D eigenvalue weighted by Crippen LogP contribution is 2.10. The van der Waals surface area contributed by atoms with Crippen molar-refractivity contribution in [2.24, 2.45) is 5.92 Å². The van der Waals surface area contributed by atoms with E-state index in [0.717, 1.165) is 51.0 Å². The lowest BCUT2D eigenvalue weighted by molar-refractivity contribution is -0.111. The molecule has 0 fully saturated rings. The first-order valence-electron chi connectivity index (χ1n) is 14.2. The van der Waals surface area contributed by atoms with Crippen LogP contribution in [0.3, 0.4) is 0 Å². The van der Waals surface area contributed by atoms with Gasteiger partial charge in [-0.2, -0.15) is 0 Å². The van der Waals surface area contributed by atoms with Crippen LogP contribution in [0.25, 0.3) is 0 Å². The molecule has 0 aromatic rings. The monoisotopic (exact) mass is 478 g/mol. The van der Waals surface area contributed by atoms with Crippen molar-refractivity contribution >= 4 is 18.9 Å². The van der Waals surface area contributed by atoms with Crippen LogP contribution < -0.4 is 0 Å². The smallest absolute Gasteiger partial charge is 0.122 e. The van der Waals surface area contributed by atoms with Gasteiger partial charge in [0.1, 0.15) is 18.9 Å². The molecule has 3 heteroatoms. The Bertz CT molecular complexity index is 416. The fourth-order valence-corrected chi connectivity index (χ4v) is 3.27. The van der Waals surface area contributed by atoms with Gasteiger partial charge in [0.15, 0.2) is 0 Å². The summed E-state index contributed by atoms with van der Waals surface area (Å²) < 4.78 is 0. The molecule has 0 aromatic heterocycles. The van der Waals surface area contributed by atoms with E-state index in [-0.39, 0.29) is 5.92 Å². The van der Waals surface area contributed by atoms with E-state index in [9.17, 15) is 14.4 Å². The van der Waals surface area contributed by atoms with Crippen molar-refractivity contribution < 1.29 is 14.4 Å². The summed E-state index contributed by atoms with van der Waals surface area (Å²) in [5, 5.41) is 0. The lowest BCUT2D eigenvalue weighted by Gasteiger charge is -2.02. The Balaban J connectivity index is -0.000000425. The fourth-order valence-electron chi connectivity index (χ4n) is 3.27. The largest absolute Gasteiger partial charge is 0.303 e. The second-order valence-corrected chi connectivity index (χ2v) is 9.18. The van der Waals surface area contributed by atoms with Crippen molar-refractivity contribution in [2.45, 2.75) is 149 Å². The summed E-state index contributed by atoms with van der Waals surface area (Å²) in [5.74, 6) is 0.274. The molecule has 0 aliphatic carbocycles. The SMILES string of the molecule is C=CCCCCCCCC=O.CCCCCC=CCCC=O.CCCCCCCCC(C)C=O. The normalized spacial score (nSPS) is 11.0. The lowest BCUT2D eigenvalue weighted by Crippen LogP contribution is -1.94. The zero-order valence-corrected chi connectivity index (χ0v) is 23.1. The average molecular weight is 479 g/mol. The van der Waals surface area contributed by atoms with Crippen molar-refractivity contribution in [1.29, 1.82) is 0 Å². The molecule has 34 heavy (non-hydrogen) atoms. The number of allylic oxidation sites excluding steroid dienone is 3. The van der Waals surface area contributed by atoms with Crippen LogP contribution in [-0.2, 0) is 14.4 Å². The summed E-state index contributed by atoms with van der Waals surface area (Å²) >= 11 is 0. The van der Waals surface area contributed by atoms with Gasteiger partial charge in [-0.15, -0.1) is 6.58 Å². The maximum atomic E-state index is 10.3. The number of rotatable bonds is 23. The lowest BCUT2D eigenvalue weighted by atomic mass is 10.0. The van der Waals surface area contributed by atoms with E-state index < -0.39 is 0 Å². The van der Waals surface area contributed by atoms with Gasteiger partial charge in [-0.25, -0.2) is 0 Å². The molecule has 0 aromatic carbocycles. The summed E-state index contributed by atoms with van der Waals surface area (Å²) in [6.07, 6.45) is 32.9. The number of hydrogen-bond donors (Lipinski definition) is 0. The van der Waals surface area contributed by atoms with Crippen LogP contribution in [-0.4, -0.2) is 18.9 Å². The van der Waals surface area contributed by atoms with Crippen LogP contribution in [0.2, 0.25) is 0 Å². The van der Waals surface area contributed by atoms with E-state index in [1.54, 1.807) is 0 Å². The molecule has 0 aliphatic rings. The van der Waals surface area contributed by atoms with Crippen molar-refractivity contribution in [3.8, 4) is 0 Å². The molecular formula is C31H58O3. The first-order valence-corrected chi connectivity index (χ1v) is 14.2. The minimum Gasteiger partial charge on any atom is -0.303 e. The molecule has 0 bridgehead atoms. The molecule has 1 unspecified atom stereocenters. The van der Waals surface area contributed by atoms with E-state index in [0.29, 0.717) is 6.42 Å². The Hall–Kier alpha value is -1.51. The Morgan fingerprint density at radius 3 is 1.59 bits per heavy atom. The molecular weight excluding hydrogens is 420 g/mol. The third-order valence-electron chi connectivity index (χ3n) is 5.57. The molecule has 0 aliphatic heterocycles. The Labute approximate surface area is 213 Å². The van der Waals surface area contributed by atoms with Crippen LogP contribution in [0.1, 0.15) is 149 Å². The second kappa shape index (κ2) is 38.7. The third kappa shape index (κ3) is 44.2. The molecule has 0 saturated carbocycles. The number of carbonyl (C=O) groups is 3. The zero-order chi connectivity index (χ0) is 26.0. The topological polar surface area (TPSA) is 51.2 Å². The maximum Gasteiger partial charge on any atom is 0.122 e. The van der Waals surface area contributed by atoms with Crippen molar-refractivity contribution in [1.82, 2.24) is 0 Å². The first kappa shape index (κ1) is 37.0. The summed E-state index contributed by atoms with van der Waals surface area (Å²) in [4.78, 5) is 30.1. The van der Waals surface area contributed by atoms with Gasteiger partial charge < -0.3 is 14.4 Å².